The van der Waals surface area contributed by atoms with Gasteiger partial charge in [0, 0.05) is 47.3 Å². The molecule has 0 bridgehead atoms. The van der Waals surface area contributed by atoms with Crippen LogP contribution in [0.25, 0.3) is 0 Å². The first-order chi connectivity index (χ1) is 21.0. The molecule has 7 rings (SSSR count). The fraction of sp³-hybridized carbons (Fsp3) is 0.556. The number of rotatable bonds is 5. The molecule has 5 saturated carbocycles. The molecule has 0 aromatic carbocycles. The molecule has 2 unspecified atom stereocenters. The molecular weight excluding hydrogens is 560 g/mol. The number of Topliss-reactive ketones (excluding diaryl/α,β-unsaturated/α-hetero) is 1. The van der Waals surface area contributed by atoms with Gasteiger partial charge in [0.1, 0.15) is 29.2 Å². The molecule has 44 heavy (non-hydrogen) atoms. The summed E-state index contributed by atoms with van der Waals surface area (Å²) in [7, 11) is 0. The van der Waals surface area contributed by atoms with E-state index in [9.17, 15) is 19.2 Å². The first-order valence-corrected chi connectivity index (χ1v) is 15.8. The van der Waals surface area contributed by atoms with Gasteiger partial charge in [-0.1, -0.05) is 50.1 Å². The van der Waals surface area contributed by atoms with Crippen molar-refractivity contribution < 1.29 is 38.1 Å². The Kier molecular flexibility index (Phi) is 6.46. The number of carbonyl (C=O) groups excluding carboxylic acids is 4. The number of hydrogen-bond donors (Lipinski definition) is 0. The molecule has 1 spiro atoms. The Balaban J connectivity index is 1.49. The summed E-state index contributed by atoms with van der Waals surface area (Å²) in [5.41, 5.74) is -1.20. The Morgan fingerprint density at radius 3 is 2.02 bits per heavy atom. The molecule has 2 saturated heterocycles. The lowest BCUT2D eigenvalue weighted by molar-refractivity contribution is -0.235. The molecule has 5 aliphatic carbocycles. The van der Waals surface area contributed by atoms with Crippen LogP contribution < -0.4 is 0 Å². The van der Waals surface area contributed by atoms with Crippen LogP contribution in [0, 0.1) is 40.9 Å². The van der Waals surface area contributed by atoms with E-state index in [1.807, 2.05) is 0 Å². The lowest BCUT2D eigenvalue weighted by atomic mass is 9.59. The average Bonchev–Trinajstić information content (AvgIpc) is 3.66. The second-order valence-corrected chi connectivity index (χ2v) is 13.9. The summed E-state index contributed by atoms with van der Waals surface area (Å²) in [6.07, 6.45) is 5.32. The standard InChI is InChI=1S/C36H40O8/c1-7-15-41-36-17-25-19(4)10-12-23-21(6)33(40)43-31(23)29(25)35(36,44-27(38)8-2)14-13-34(36)26(37)16-24-18(3)9-11-22-20(5)32(39)42-30(22)28(24)34/h7-8,22-25,28-31H,1-6,9-17H2/t22-,23-,24?,25-,28?,29-,30-,31-,34+,35-,36-/m0/s1. The van der Waals surface area contributed by atoms with Crippen LogP contribution in [0.3, 0.4) is 0 Å². The van der Waals surface area contributed by atoms with Gasteiger partial charge < -0.3 is 18.9 Å². The van der Waals surface area contributed by atoms with Gasteiger partial charge in [0.15, 0.2) is 0 Å². The molecule has 2 heterocycles. The van der Waals surface area contributed by atoms with Crippen molar-refractivity contribution in [2.45, 2.75) is 74.8 Å². The Morgan fingerprint density at radius 1 is 0.841 bits per heavy atom. The summed E-state index contributed by atoms with van der Waals surface area (Å²) < 4.78 is 25.8. The first-order valence-electron chi connectivity index (χ1n) is 15.8. The van der Waals surface area contributed by atoms with E-state index >= 15 is 0 Å². The van der Waals surface area contributed by atoms with E-state index in [1.54, 1.807) is 6.08 Å². The van der Waals surface area contributed by atoms with E-state index < -0.39 is 58.6 Å². The number of allylic oxidation sites excluding steroid dienone is 2. The lowest BCUT2D eigenvalue weighted by Gasteiger charge is -2.52. The third-order valence-electron chi connectivity index (χ3n) is 12.6. The topological polar surface area (TPSA) is 105 Å². The zero-order valence-electron chi connectivity index (χ0n) is 25.1. The molecule has 2 aliphatic heterocycles. The van der Waals surface area contributed by atoms with Crippen molar-refractivity contribution in [3.63, 3.8) is 0 Å². The number of ketones is 1. The number of fused-ring (bicyclic) bond motifs is 10. The normalized spacial score (nSPS) is 45.5. The van der Waals surface area contributed by atoms with Crippen LogP contribution in [0.2, 0.25) is 0 Å². The highest BCUT2D eigenvalue weighted by Crippen LogP contribution is 2.76. The fourth-order valence-electron chi connectivity index (χ4n) is 10.9. The molecule has 7 aliphatic rings. The van der Waals surface area contributed by atoms with Gasteiger partial charge in [0.2, 0.25) is 0 Å². The van der Waals surface area contributed by atoms with Gasteiger partial charge >= 0.3 is 17.9 Å². The maximum Gasteiger partial charge on any atom is 0.334 e. The summed E-state index contributed by atoms with van der Waals surface area (Å²) in [6, 6.07) is 0. The van der Waals surface area contributed by atoms with Crippen LogP contribution in [-0.2, 0) is 38.1 Å². The summed E-state index contributed by atoms with van der Waals surface area (Å²) in [5.74, 6) is -3.59. The lowest BCUT2D eigenvalue weighted by Crippen LogP contribution is -2.66. The molecule has 0 amide bonds. The van der Waals surface area contributed by atoms with E-state index in [0.29, 0.717) is 56.1 Å². The molecular formula is C36H40O8. The van der Waals surface area contributed by atoms with Crippen molar-refractivity contribution in [3.8, 4) is 0 Å². The molecule has 11 atom stereocenters. The maximum absolute atomic E-state index is 14.9. The number of hydrogen-bond acceptors (Lipinski definition) is 8. The SMILES string of the molecule is C=CCO[C@]12C[C@H]3C(=C)CC[C@H]4C(=C)C(=O)O[C@@H]4[C@H]3[C@@]1(OC(=O)C=C)CC[C@]21C(=O)CC2C(=C)CC[C@H]3C(=C)C(=O)O[C@@H]3C21. The van der Waals surface area contributed by atoms with E-state index in [1.165, 1.54) is 0 Å². The summed E-state index contributed by atoms with van der Waals surface area (Å²) in [5, 5.41) is 0. The predicted molar refractivity (Wildman–Crippen MR) is 160 cm³/mol. The Labute approximate surface area is 257 Å². The minimum Gasteiger partial charge on any atom is -0.458 e. The second-order valence-electron chi connectivity index (χ2n) is 13.9. The largest absolute Gasteiger partial charge is 0.458 e. The number of esters is 3. The van der Waals surface area contributed by atoms with Crippen LogP contribution in [0.1, 0.15) is 51.4 Å². The van der Waals surface area contributed by atoms with Crippen molar-refractivity contribution in [1.29, 1.82) is 0 Å². The molecule has 8 nitrogen and oxygen atoms in total. The van der Waals surface area contributed by atoms with Crippen LogP contribution in [0.4, 0.5) is 0 Å². The molecule has 8 heteroatoms. The third kappa shape index (κ3) is 3.38. The molecule has 7 fully saturated rings. The molecule has 232 valence electrons. The minimum atomic E-state index is -1.37. The average molecular weight is 601 g/mol. The Hall–Kier alpha value is -3.52. The zero-order valence-corrected chi connectivity index (χ0v) is 25.1. The van der Waals surface area contributed by atoms with E-state index in [2.05, 4.69) is 39.5 Å². The Bertz CT molecular complexity index is 1470. The van der Waals surface area contributed by atoms with Crippen molar-refractivity contribution in [3.05, 3.63) is 73.9 Å². The van der Waals surface area contributed by atoms with Crippen LogP contribution in [-0.4, -0.2) is 53.7 Å². The van der Waals surface area contributed by atoms with Gasteiger partial charge in [-0.25, -0.2) is 14.4 Å². The van der Waals surface area contributed by atoms with Crippen LogP contribution in [0.5, 0.6) is 0 Å². The fourth-order valence-corrected chi connectivity index (χ4v) is 10.9. The third-order valence-corrected chi connectivity index (χ3v) is 12.6. The molecule has 0 radical (unpaired) electrons. The number of carbonyl (C=O) groups is 4. The summed E-state index contributed by atoms with van der Waals surface area (Å²) in [4.78, 5) is 54.2. The smallest absolute Gasteiger partial charge is 0.334 e. The quantitative estimate of drug-likeness (QED) is 0.190. The van der Waals surface area contributed by atoms with Gasteiger partial charge in [-0.3, -0.25) is 4.79 Å². The van der Waals surface area contributed by atoms with E-state index in [4.69, 9.17) is 18.9 Å². The molecule has 0 aromatic rings. The minimum absolute atomic E-state index is 0.00472. The van der Waals surface area contributed by atoms with Crippen molar-refractivity contribution >= 4 is 23.7 Å². The molecule has 0 aromatic heterocycles. The van der Waals surface area contributed by atoms with Gasteiger partial charge in [0.25, 0.3) is 0 Å². The highest BCUT2D eigenvalue weighted by atomic mass is 16.6. The highest BCUT2D eigenvalue weighted by molar-refractivity contribution is 5.94. The Morgan fingerprint density at radius 2 is 1.43 bits per heavy atom. The summed E-state index contributed by atoms with van der Waals surface area (Å²) >= 11 is 0. The second kappa shape index (κ2) is 9.74. The van der Waals surface area contributed by atoms with E-state index in [-0.39, 0.29) is 42.5 Å². The van der Waals surface area contributed by atoms with E-state index in [0.717, 1.165) is 17.2 Å². The van der Waals surface area contributed by atoms with Gasteiger partial charge in [-0.2, -0.15) is 0 Å². The first kappa shape index (κ1) is 29.2. The maximum atomic E-state index is 14.9. The van der Waals surface area contributed by atoms with Gasteiger partial charge in [0.05, 0.1) is 12.0 Å². The summed E-state index contributed by atoms with van der Waals surface area (Å²) in [6.45, 7) is 24.7. The highest BCUT2D eigenvalue weighted by Gasteiger charge is 2.86. The monoisotopic (exact) mass is 600 g/mol. The molecule has 0 N–H and O–H groups in total. The van der Waals surface area contributed by atoms with Crippen molar-refractivity contribution in [2.75, 3.05) is 6.61 Å². The van der Waals surface area contributed by atoms with Crippen molar-refractivity contribution in [1.82, 2.24) is 0 Å². The van der Waals surface area contributed by atoms with Gasteiger partial charge in [-0.05, 0) is 56.8 Å². The predicted octanol–water partition coefficient (Wildman–Crippen LogP) is 4.91. The van der Waals surface area contributed by atoms with Crippen LogP contribution >= 0.6 is 0 Å². The zero-order chi connectivity index (χ0) is 31.3. The van der Waals surface area contributed by atoms with Gasteiger partial charge in [-0.15, -0.1) is 6.58 Å². The number of ether oxygens (including phenoxy) is 4. The van der Waals surface area contributed by atoms with Crippen LogP contribution in [0.15, 0.2) is 73.9 Å². The van der Waals surface area contributed by atoms with Crippen molar-refractivity contribution in [2.24, 2.45) is 40.9 Å².